The molecule has 100 valence electrons. The van der Waals surface area contributed by atoms with E-state index in [9.17, 15) is 0 Å². The fraction of sp³-hybridized carbons (Fsp3) is 0.294. The van der Waals surface area contributed by atoms with Gasteiger partial charge in [-0.1, -0.05) is 50.7 Å². The molecule has 2 heteroatoms. The van der Waals surface area contributed by atoms with Crippen LogP contribution in [-0.2, 0) is 5.41 Å². The van der Waals surface area contributed by atoms with E-state index in [1.807, 2.05) is 12.1 Å². The summed E-state index contributed by atoms with van der Waals surface area (Å²) in [5.41, 5.74) is 9.65. The van der Waals surface area contributed by atoms with Crippen molar-refractivity contribution in [1.82, 2.24) is 0 Å². The molecule has 0 heterocycles. The number of benzene rings is 2. The third-order valence-electron chi connectivity index (χ3n) is 3.12. The largest absolute Gasteiger partial charge is 0.398 e. The molecular weight excluding hydrogens is 250 g/mol. The number of nitrogens with two attached hydrogens (primary N) is 1. The van der Waals surface area contributed by atoms with Crippen LogP contribution >= 0.6 is 11.8 Å². The first-order valence-corrected chi connectivity index (χ1v) is 7.32. The van der Waals surface area contributed by atoms with Gasteiger partial charge in [-0.3, -0.25) is 0 Å². The molecule has 0 unspecified atom stereocenters. The van der Waals surface area contributed by atoms with E-state index in [-0.39, 0.29) is 5.41 Å². The van der Waals surface area contributed by atoms with E-state index in [2.05, 4.69) is 58.0 Å². The summed E-state index contributed by atoms with van der Waals surface area (Å²) >= 11 is 1.72. The van der Waals surface area contributed by atoms with E-state index in [0.717, 1.165) is 10.6 Å². The molecular formula is C17H21NS. The quantitative estimate of drug-likeness (QED) is 0.776. The lowest BCUT2D eigenvalue weighted by Crippen LogP contribution is -2.10. The molecule has 0 atom stereocenters. The minimum absolute atomic E-state index is 0.200. The van der Waals surface area contributed by atoms with Crippen LogP contribution in [0.5, 0.6) is 0 Å². The van der Waals surface area contributed by atoms with Crippen molar-refractivity contribution in [3.63, 3.8) is 0 Å². The van der Waals surface area contributed by atoms with Gasteiger partial charge in [0.2, 0.25) is 0 Å². The van der Waals surface area contributed by atoms with Crippen molar-refractivity contribution in [2.24, 2.45) is 0 Å². The predicted molar refractivity (Wildman–Crippen MR) is 84.9 cm³/mol. The Labute approximate surface area is 120 Å². The van der Waals surface area contributed by atoms with E-state index in [0.29, 0.717) is 0 Å². The highest BCUT2D eigenvalue weighted by Gasteiger charge is 2.13. The molecule has 0 radical (unpaired) electrons. The highest BCUT2D eigenvalue weighted by Crippen LogP contribution is 2.33. The molecule has 0 aliphatic carbocycles. The van der Waals surface area contributed by atoms with Crippen molar-refractivity contribution in [3.8, 4) is 0 Å². The molecule has 0 bridgehead atoms. The van der Waals surface area contributed by atoms with Crippen molar-refractivity contribution in [3.05, 3.63) is 53.6 Å². The first kappa shape index (κ1) is 14.0. The number of hydrogen-bond acceptors (Lipinski definition) is 2. The monoisotopic (exact) mass is 271 g/mol. The van der Waals surface area contributed by atoms with Crippen molar-refractivity contribution in [1.29, 1.82) is 0 Å². The Bertz CT molecular complexity index is 565. The molecule has 2 N–H and O–H groups in total. The lowest BCUT2D eigenvalue weighted by Gasteiger charge is -2.19. The van der Waals surface area contributed by atoms with Gasteiger partial charge in [0.1, 0.15) is 0 Å². The Balaban J connectivity index is 2.22. The van der Waals surface area contributed by atoms with Crippen molar-refractivity contribution in [2.75, 3.05) is 5.73 Å². The smallest absolute Gasteiger partial charge is 0.0456 e. The van der Waals surface area contributed by atoms with Gasteiger partial charge in [0.05, 0.1) is 0 Å². The number of hydrogen-bond donors (Lipinski definition) is 1. The summed E-state index contributed by atoms with van der Waals surface area (Å²) in [4.78, 5) is 2.36. The Hall–Kier alpha value is -1.41. The Morgan fingerprint density at radius 1 is 0.947 bits per heavy atom. The Morgan fingerprint density at radius 3 is 2.16 bits per heavy atom. The minimum Gasteiger partial charge on any atom is -0.398 e. The summed E-state index contributed by atoms with van der Waals surface area (Å²) in [5, 5.41) is 0. The molecule has 19 heavy (non-hydrogen) atoms. The van der Waals surface area contributed by atoms with Gasteiger partial charge in [0.25, 0.3) is 0 Å². The van der Waals surface area contributed by atoms with E-state index >= 15 is 0 Å². The SMILES string of the molecule is Cc1ccc(N)c(Sc2ccc(C(C)(C)C)cc2)c1. The minimum atomic E-state index is 0.200. The number of rotatable bonds is 2. The third-order valence-corrected chi connectivity index (χ3v) is 4.20. The van der Waals surface area contributed by atoms with Gasteiger partial charge in [-0.2, -0.15) is 0 Å². The van der Waals surface area contributed by atoms with Gasteiger partial charge >= 0.3 is 0 Å². The van der Waals surface area contributed by atoms with Gasteiger partial charge in [0, 0.05) is 15.5 Å². The van der Waals surface area contributed by atoms with E-state index in [1.54, 1.807) is 11.8 Å². The lowest BCUT2D eigenvalue weighted by molar-refractivity contribution is 0.590. The van der Waals surface area contributed by atoms with E-state index in [4.69, 9.17) is 5.73 Å². The molecule has 2 rings (SSSR count). The van der Waals surface area contributed by atoms with Gasteiger partial charge < -0.3 is 5.73 Å². The molecule has 0 amide bonds. The second-order valence-electron chi connectivity index (χ2n) is 5.92. The van der Waals surface area contributed by atoms with Crippen LogP contribution in [-0.4, -0.2) is 0 Å². The molecule has 0 aliphatic rings. The molecule has 0 spiro atoms. The second kappa shape index (κ2) is 5.30. The average Bonchev–Trinajstić information content (AvgIpc) is 2.33. The Morgan fingerprint density at radius 2 is 1.58 bits per heavy atom. The third kappa shape index (κ3) is 3.54. The zero-order chi connectivity index (χ0) is 14.0. The standard InChI is InChI=1S/C17H21NS/c1-12-5-10-15(18)16(11-12)19-14-8-6-13(7-9-14)17(2,3)4/h5-11H,18H2,1-4H3. The fourth-order valence-corrected chi connectivity index (χ4v) is 2.84. The average molecular weight is 271 g/mol. The first-order chi connectivity index (χ1) is 8.86. The van der Waals surface area contributed by atoms with Crippen LogP contribution in [0.2, 0.25) is 0 Å². The fourth-order valence-electron chi connectivity index (χ4n) is 1.88. The van der Waals surface area contributed by atoms with Crippen LogP contribution in [0, 0.1) is 6.92 Å². The molecule has 1 nitrogen and oxygen atoms in total. The number of anilines is 1. The van der Waals surface area contributed by atoms with Crippen molar-refractivity contribution < 1.29 is 0 Å². The van der Waals surface area contributed by atoms with Crippen LogP contribution in [0.3, 0.4) is 0 Å². The summed E-state index contributed by atoms with van der Waals surface area (Å²) in [6.07, 6.45) is 0. The summed E-state index contributed by atoms with van der Waals surface area (Å²) in [5.74, 6) is 0. The topological polar surface area (TPSA) is 26.0 Å². The predicted octanol–water partition coefficient (Wildman–Crippen LogP) is 5.03. The molecule has 2 aromatic rings. The number of nitrogen functional groups attached to an aromatic ring is 1. The van der Waals surface area contributed by atoms with Crippen LogP contribution < -0.4 is 5.73 Å². The highest BCUT2D eigenvalue weighted by molar-refractivity contribution is 7.99. The Kier molecular flexibility index (Phi) is 3.91. The summed E-state index contributed by atoms with van der Waals surface area (Å²) in [6, 6.07) is 14.9. The normalized spacial score (nSPS) is 11.6. The molecule has 2 aromatic carbocycles. The van der Waals surface area contributed by atoms with Crippen molar-refractivity contribution >= 4 is 17.4 Å². The molecule has 0 saturated heterocycles. The first-order valence-electron chi connectivity index (χ1n) is 6.51. The van der Waals surface area contributed by atoms with Gasteiger partial charge in [0.15, 0.2) is 0 Å². The maximum Gasteiger partial charge on any atom is 0.0456 e. The number of aryl methyl sites for hydroxylation is 1. The van der Waals surface area contributed by atoms with Gasteiger partial charge in [-0.05, 0) is 47.7 Å². The summed E-state index contributed by atoms with van der Waals surface area (Å²) < 4.78 is 0. The zero-order valence-electron chi connectivity index (χ0n) is 12.0. The van der Waals surface area contributed by atoms with E-state index in [1.165, 1.54) is 16.0 Å². The van der Waals surface area contributed by atoms with Gasteiger partial charge in [-0.25, -0.2) is 0 Å². The molecule has 0 aliphatic heterocycles. The van der Waals surface area contributed by atoms with Crippen LogP contribution in [0.25, 0.3) is 0 Å². The van der Waals surface area contributed by atoms with Gasteiger partial charge in [-0.15, -0.1) is 0 Å². The van der Waals surface area contributed by atoms with E-state index < -0.39 is 0 Å². The second-order valence-corrected chi connectivity index (χ2v) is 7.03. The maximum absolute atomic E-state index is 6.02. The summed E-state index contributed by atoms with van der Waals surface area (Å²) in [7, 11) is 0. The molecule has 0 aromatic heterocycles. The van der Waals surface area contributed by atoms with Crippen LogP contribution in [0.1, 0.15) is 31.9 Å². The lowest BCUT2D eigenvalue weighted by atomic mass is 9.87. The molecule has 0 saturated carbocycles. The van der Waals surface area contributed by atoms with Crippen LogP contribution in [0.15, 0.2) is 52.3 Å². The van der Waals surface area contributed by atoms with Crippen LogP contribution in [0.4, 0.5) is 5.69 Å². The van der Waals surface area contributed by atoms with Crippen molar-refractivity contribution in [2.45, 2.75) is 42.9 Å². The zero-order valence-corrected chi connectivity index (χ0v) is 12.8. The maximum atomic E-state index is 6.02. The highest BCUT2D eigenvalue weighted by atomic mass is 32.2. The molecule has 0 fully saturated rings. The summed E-state index contributed by atoms with van der Waals surface area (Å²) in [6.45, 7) is 8.78.